The van der Waals surface area contributed by atoms with Gasteiger partial charge in [0.25, 0.3) is 0 Å². The monoisotopic (exact) mass is 564 g/mol. The van der Waals surface area contributed by atoms with Crippen LogP contribution < -0.4 is 10.6 Å². The van der Waals surface area contributed by atoms with Crippen LogP contribution in [0.15, 0.2) is 46.9 Å². The number of nitrogens with one attached hydrogen (secondary N) is 2. The summed E-state index contributed by atoms with van der Waals surface area (Å²) >= 11 is 3.39. The van der Waals surface area contributed by atoms with Crippen molar-refractivity contribution < 1.29 is 31.1 Å². The molecule has 35 heavy (non-hydrogen) atoms. The highest BCUT2D eigenvalue weighted by molar-refractivity contribution is 9.10. The summed E-state index contributed by atoms with van der Waals surface area (Å²) in [5, 5.41) is 6.04. The van der Waals surface area contributed by atoms with E-state index in [9.17, 15) is 31.1 Å². The van der Waals surface area contributed by atoms with Crippen molar-refractivity contribution in [2.24, 2.45) is 17.8 Å². The molecule has 1 saturated carbocycles. The van der Waals surface area contributed by atoms with Crippen molar-refractivity contribution in [3.63, 3.8) is 0 Å². The standard InChI is InChI=1S/C25H27BrF6N2O/c1-14(2)21-10-20(33-12-15-3-5-19(26)6-4-15)11-22(21)23(35)34-13-16-7-17(24(27,28)29)9-18(8-16)25(30,31)32/h3-9,14,20-22,33H,10-13H2,1-2H3,(H,34,35)/t20-,21?,22-/m1/s1. The van der Waals surface area contributed by atoms with Crippen LogP contribution in [0.2, 0.25) is 0 Å². The molecule has 1 amide bonds. The third kappa shape index (κ3) is 7.46. The Morgan fingerprint density at radius 3 is 2.00 bits per heavy atom. The number of carbonyl (C=O) groups excluding carboxylic acids is 1. The lowest BCUT2D eigenvalue weighted by Crippen LogP contribution is -2.34. The topological polar surface area (TPSA) is 41.1 Å². The zero-order chi connectivity index (χ0) is 26.0. The van der Waals surface area contributed by atoms with Crippen LogP contribution in [0.5, 0.6) is 0 Å². The Bertz CT molecular complexity index is 988. The number of alkyl halides is 6. The number of amides is 1. The van der Waals surface area contributed by atoms with E-state index in [0.717, 1.165) is 16.5 Å². The number of hydrogen-bond acceptors (Lipinski definition) is 2. The molecule has 0 aromatic heterocycles. The van der Waals surface area contributed by atoms with Crippen LogP contribution in [-0.4, -0.2) is 11.9 Å². The first-order chi connectivity index (χ1) is 16.2. The van der Waals surface area contributed by atoms with Gasteiger partial charge >= 0.3 is 12.4 Å². The Morgan fingerprint density at radius 2 is 1.49 bits per heavy atom. The van der Waals surface area contributed by atoms with Gasteiger partial charge in [0, 0.05) is 29.5 Å². The lowest BCUT2D eigenvalue weighted by atomic mass is 9.85. The van der Waals surface area contributed by atoms with Crippen LogP contribution in [0, 0.1) is 17.8 Å². The number of carbonyl (C=O) groups is 1. The molecule has 0 saturated heterocycles. The number of hydrogen-bond donors (Lipinski definition) is 2. The molecule has 0 bridgehead atoms. The normalized spacial score (nSPS) is 20.9. The molecule has 0 radical (unpaired) electrons. The maximum atomic E-state index is 13.1. The zero-order valence-corrected chi connectivity index (χ0v) is 20.8. The van der Waals surface area contributed by atoms with E-state index in [2.05, 4.69) is 26.6 Å². The van der Waals surface area contributed by atoms with Crippen LogP contribution >= 0.6 is 15.9 Å². The minimum atomic E-state index is -4.93. The van der Waals surface area contributed by atoms with Crippen molar-refractivity contribution >= 4 is 21.8 Å². The van der Waals surface area contributed by atoms with Gasteiger partial charge in [0.15, 0.2) is 0 Å². The van der Waals surface area contributed by atoms with Gasteiger partial charge in [-0.15, -0.1) is 0 Å². The van der Waals surface area contributed by atoms with Gasteiger partial charge in [-0.3, -0.25) is 4.79 Å². The van der Waals surface area contributed by atoms with Gasteiger partial charge in [-0.1, -0.05) is 41.9 Å². The second kappa shape index (κ2) is 10.9. The van der Waals surface area contributed by atoms with E-state index in [1.54, 1.807) is 0 Å². The SMILES string of the molecule is CC(C)C1C[C@@H](NCc2ccc(Br)cc2)C[C@H]1C(=O)NCc1cc(C(F)(F)F)cc(C(F)(F)F)c1. The van der Waals surface area contributed by atoms with Gasteiger partial charge in [-0.05, 0) is 66.1 Å². The fraction of sp³-hybridized carbons (Fsp3) is 0.480. The quantitative estimate of drug-likeness (QED) is 0.357. The van der Waals surface area contributed by atoms with Crippen LogP contribution in [0.1, 0.15) is 48.9 Å². The van der Waals surface area contributed by atoms with Gasteiger partial charge in [0.2, 0.25) is 5.91 Å². The predicted molar refractivity (Wildman–Crippen MR) is 124 cm³/mol. The molecule has 0 aliphatic heterocycles. The molecule has 1 fully saturated rings. The highest BCUT2D eigenvalue weighted by Gasteiger charge is 2.40. The molecule has 3 rings (SSSR count). The summed E-state index contributed by atoms with van der Waals surface area (Å²) in [4.78, 5) is 13.0. The molecule has 192 valence electrons. The third-order valence-electron chi connectivity index (χ3n) is 6.43. The maximum absolute atomic E-state index is 13.1. The average Bonchev–Trinajstić information content (AvgIpc) is 3.20. The highest BCUT2D eigenvalue weighted by atomic mass is 79.9. The van der Waals surface area contributed by atoms with Crippen molar-refractivity contribution in [2.75, 3.05) is 0 Å². The van der Waals surface area contributed by atoms with Crippen molar-refractivity contribution in [3.05, 3.63) is 69.2 Å². The van der Waals surface area contributed by atoms with E-state index in [-0.39, 0.29) is 41.3 Å². The van der Waals surface area contributed by atoms with Gasteiger partial charge in [-0.25, -0.2) is 0 Å². The Kier molecular flexibility index (Phi) is 8.57. The minimum absolute atomic E-state index is 0.0460. The second-order valence-corrected chi connectivity index (χ2v) is 10.2. The first-order valence-electron chi connectivity index (χ1n) is 11.3. The summed E-state index contributed by atoms with van der Waals surface area (Å²) in [7, 11) is 0. The van der Waals surface area contributed by atoms with Crippen LogP contribution in [0.4, 0.5) is 26.3 Å². The molecular weight excluding hydrogens is 538 g/mol. The van der Waals surface area contributed by atoms with Gasteiger partial charge in [0.05, 0.1) is 11.1 Å². The number of halogens is 7. The van der Waals surface area contributed by atoms with Gasteiger partial charge in [-0.2, -0.15) is 26.3 Å². The molecule has 2 aromatic rings. The summed E-state index contributed by atoms with van der Waals surface area (Å²) in [6.07, 6.45) is -8.56. The van der Waals surface area contributed by atoms with E-state index in [1.165, 1.54) is 0 Å². The largest absolute Gasteiger partial charge is 0.416 e. The summed E-state index contributed by atoms with van der Waals surface area (Å²) in [5.41, 5.74) is -1.94. The third-order valence-corrected chi connectivity index (χ3v) is 6.96. The fourth-order valence-electron chi connectivity index (χ4n) is 4.58. The summed E-state index contributed by atoms with van der Waals surface area (Å²) < 4.78 is 79.7. The molecule has 1 aliphatic carbocycles. The van der Waals surface area contributed by atoms with E-state index in [1.807, 2.05) is 38.1 Å². The van der Waals surface area contributed by atoms with Crippen molar-refractivity contribution in [3.8, 4) is 0 Å². The maximum Gasteiger partial charge on any atom is 0.416 e. The van der Waals surface area contributed by atoms with E-state index < -0.39 is 30.0 Å². The molecule has 0 spiro atoms. The molecule has 3 nitrogen and oxygen atoms in total. The Labute approximate surface area is 208 Å². The second-order valence-electron chi connectivity index (χ2n) is 9.32. The van der Waals surface area contributed by atoms with E-state index >= 15 is 0 Å². The molecular formula is C25H27BrF6N2O. The fourth-order valence-corrected chi connectivity index (χ4v) is 4.85. The van der Waals surface area contributed by atoms with Gasteiger partial charge in [0.1, 0.15) is 0 Å². The first-order valence-corrected chi connectivity index (χ1v) is 12.1. The predicted octanol–water partition coefficient (Wildman–Crippen LogP) is 6.94. The van der Waals surface area contributed by atoms with Crippen LogP contribution in [-0.2, 0) is 30.2 Å². The van der Waals surface area contributed by atoms with Crippen LogP contribution in [0.25, 0.3) is 0 Å². The lowest BCUT2D eigenvalue weighted by molar-refractivity contribution is -0.143. The lowest BCUT2D eigenvalue weighted by Gasteiger charge is -2.22. The molecule has 2 N–H and O–H groups in total. The average molecular weight is 565 g/mol. The summed E-state index contributed by atoms with van der Waals surface area (Å²) in [5.74, 6) is -0.506. The zero-order valence-electron chi connectivity index (χ0n) is 19.2. The summed E-state index contributed by atoms with van der Waals surface area (Å²) in [6.45, 7) is 4.22. The first kappa shape index (κ1) is 27.5. The molecule has 3 atom stereocenters. The van der Waals surface area contributed by atoms with Crippen LogP contribution in [0.3, 0.4) is 0 Å². The van der Waals surface area contributed by atoms with E-state index in [4.69, 9.17) is 0 Å². The van der Waals surface area contributed by atoms with Crippen molar-refractivity contribution in [1.82, 2.24) is 10.6 Å². The van der Waals surface area contributed by atoms with E-state index in [0.29, 0.717) is 25.1 Å². The van der Waals surface area contributed by atoms with Gasteiger partial charge < -0.3 is 10.6 Å². The number of benzene rings is 2. The van der Waals surface area contributed by atoms with Crippen molar-refractivity contribution in [1.29, 1.82) is 0 Å². The number of rotatable bonds is 7. The smallest absolute Gasteiger partial charge is 0.352 e. The Balaban J connectivity index is 1.67. The molecule has 10 heteroatoms. The molecule has 2 aromatic carbocycles. The molecule has 0 heterocycles. The Morgan fingerprint density at radius 1 is 0.914 bits per heavy atom. The minimum Gasteiger partial charge on any atom is -0.352 e. The summed E-state index contributed by atoms with van der Waals surface area (Å²) in [6, 6.07) is 9.30. The molecule has 1 aliphatic rings. The Hall–Kier alpha value is -2.07. The highest BCUT2D eigenvalue weighted by Crippen LogP contribution is 2.38. The van der Waals surface area contributed by atoms with Crippen molar-refractivity contribution in [2.45, 2.75) is 58.2 Å². The molecule has 1 unspecified atom stereocenters.